The number of hydrogen-bond donors (Lipinski definition) is 0. The molecule has 7 heteroatoms. The van der Waals surface area contributed by atoms with E-state index in [9.17, 15) is 0 Å². The Kier molecular flexibility index (Phi) is 4.70. The molecule has 0 bridgehead atoms. The summed E-state index contributed by atoms with van der Waals surface area (Å²) in [5.41, 5.74) is 4.19. The van der Waals surface area contributed by atoms with E-state index in [-0.39, 0.29) is 0 Å². The van der Waals surface area contributed by atoms with Crippen LogP contribution in [0.4, 0.5) is 0 Å². The van der Waals surface area contributed by atoms with Crippen molar-refractivity contribution in [3.8, 4) is 21.1 Å². The van der Waals surface area contributed by atoms with Crippen molar-refractivity contribution >= 4 is 45.2 Å². The number of aryl methyl sites for hydroxylation is 1. The lowest BCUT2D eigenvalue weighted by molar-refractivity contribution is 1.16. The number of fused-ring (bicyclic) bond motifs is 1. The molecule has 0 unspecified atom stereocenters. The largest absolute Gasteiger partial charge is 0.262 e. The Balaban J connectivity index is 1.93. The standard InChI is InChI=1S/C20H15N5S2/c1-4-5-15(21-3)16-8-17-14(6-7-26-17)18(25-16)19-12(2)24-20(27-19)13-9-22-11-23-10-13/h4-11H,1,3H2,2H3/b15-5-. The third-order valence-electron chi connectivity index (χ3n) is 3.98. The average molecular weight is 390 g/mol. The van der Waals surface area contributed by atoms with Crippen molar-refractivity contribution in [2.75, 3.05) is 0 Å². The number of hydrogen-bond acceptors (Lipinski definition) is 7. The molecule has 0 aliphatic heterocycles. The third-order valence-corrected chi connectivity index (χ3v) is 6.06. The minimum absolute atomic E-state index is 0.695. The van der Waals surface area contributed by atoms with Crippen LogP contribution in [0.2, 0.25) is 0 Å². The average Bonchev–Trinajstić information content (AvgIpc) is 3.32. The van der Waals surface area contributed by atoms with Crippen molar-refractivity contribution in [1.29, 1.82) is 0 Å². The third kappa shape index (κ3) is 3.22. The van der Waals surface area contributed by atoms with Gasteiger partial charge < -0.3 is 0 Å². The number of aromatic nitrogens is 4. The van der Waals surface area contributed by atoms with Crippen molar-refractivity contribution in [3.63, 3.8) is 0 Å². The first-order valence-electron chi connectivity index (χ1n) is 8.12. The van der Waals surface area contributed by atoms with E-state index in [0.717, 1.165) is 42.6 Å². The van der Waals surface area contributed by atoms with E-state index in [2.05, 4.69) is 39.7 Å². The molecule has 0 aromatic carbocycles. The van der Waals surface area contributed by atoms with Crippen LogP contribution >= 0.6 is 22.7 Å². The Morgan fingerprint density at radius 2 is 2.04 bits per heavy atom. The Morgan fingerprint density at radius 1 is 1.22 bits per heavy atom. The van der Waals surface area contributed by atoms with Gasteiger partial charge in [0.05, 0.1) is 27.7 Å². The van der Waals surface area contributed by atoms with Gasteiger partial charge in [-0.3, -0.25) is 4.99 Å². The summed E-state index contributed by atoms with van der Waals surface area (Å²) in [6, 6.07) is 4.13. The first-order chi connectivity index (χ1) is 13.2. The maximum absolute atomic E-state index is 4.90. The predicted octanol–water partition coefficient (Wildman–Crippen LogP) is 5.41. The number of nitrogens with zero attached hydrogens (tertiary/aromatic N) is 5. The fraction of sp³-hybridized carbons (Fsp3) is 0.0500. The van der Waals surface area contributed by atoms with Gasteiger partial charge in [0, 0.05) is 28.0 Å². The summed E-state index contributed by atoms with van der Waals surface area (Å²) in [7, 11) is 0. The lowest BCUT2D eigenvalue weighted by atomic mass is 10.1. The molecule has 4 aromatic heterocycles. The van der Waals surface area contributed by atoms with Crippen molar-refractivity contribution in [2.45, 2.75) is 6.92 Å². The van der Waals surface area contributed by atoms with Crippen molar-refractivity contribution in [1.82, 2.24) is 19.9 Å². The summed E-state index contributed by atoms with van der Waals surface area (Å²) in [4.78, 5) is 22.9. The molecule has 0 spiro atoms. The van der Waals surface area contributed by atoms with Crippen molar-refractivity contribution < 1.29 is 0 Å². The lowest BCUT2D eigenvalue weighted by Gasteiger charge is -2.06. The van der Waals surface area contributed by atoms with Gasteiger partial charge in [-0.25, -0.2) is 19.9 Å². The van der Waals surface area contributed by atoms with E-state index in [1.807, 2.05) is 19.1 Å². The quantitative estimate of drug-likeness (QED) is 0.338. The number of allylic oxidation sites excluding steroid dienone is 2. The van der Waals surface area contributed by atoms with Crippen LogP contribution in [-0.2, 0) is 0 Å². The summed E-state index contributed by atoms with van der Waals surface area (Å²) in [5.74, 6) is 0. The number of thiazole rings is 1. The normalized spacial score (nSPS) is 11.7. The van der Waals surface area contributed by atoms with Crippen LogP contribution < -0.4 is 0 Å². The first-order valence-corrected chi connectivity index (χ1v) is 9.82. The van der Waals surface area contributed by atoms with E-state index < -0.39 is 0 Å². The predicted molar refractivity (Wildman–Crippen MR) is 114 cm³/mol. The second-order valence-electron chi connectivity index (χ2n) is 5.69. The lowest BCUT2D eigenvalue weighted by Crippen LogP contribution is -1.91. The van der Waals surface area contributed by atoms with E-state index in [0.29, 0.717) is 5.70 Å². The van der Waals surface area contributed by atoms with Crippen LogP contribution in [0.25, 0.3) is 36.9 Å². The number of thiophene rings is 1. The SMILES string of the molecule is C=C/C=C(\N=C)c1cc2sccc2c(-c2sc(-c3cncnc3)nc2C)n1. The van der Waals surface area contributed by atoms with Crippen LogP contribution in [0.15, 0.2) is 60.0 Å². The fourth-order valence-corrected chi connectivity index (χ4v) is 4.62. The van der Waals surface area contributed by atoms with E-state index >= 15 is 0 Å². The Bertz CT molecular complexity index is 1170. The van der Waals surface area contributed by atoms with E-state index in [1.54, 1.807) is 41.1 Å². The Morgan fingerprint density at radius 3 is 2.78 bits per heavy atom. The zero-order valence-electron chi connectivity index (χ0n) is 14.6. The molecule has 0 atom stereocenters. The zero-order valence-corrected chi connectivity index (χ0v) is 16.2. The molecule has 0 amide bonds. The number of pyridine rings is 1. The maximum atomic E-state index is 4.90. The molecule has 0 radical (unpaired) electrons. The summed E-state index contributed by atoms with van der Waals surface area (Å²) >= 11 is 3.26. The molecule has 4 heterocycles. The van der Waals surface area contributed by atoms with E-state index in [4.69, 9.17) is 9.97 Å². The first kappa shape index (κ1) is 17.4. The van der Waals surface area contributed by atoms with Gasteiger partial charge in [-0.05, 0) is 37.2 Å². The van der Waals surface area contributed by atoms with Gasteiger partial charge in [-0.2, -0.15) is 0 Å². The molecular formula is C20H15N5S2. The maximum Gasteiger partial charge on any atom is 0.127 e. The molecule has 0 saturated heterocycles. The van der Waals surface area contributed by atoms with E-state index in [1.165, 1.54) is 6.33 Å². The van der Waals surface area contributed by atoms with Crippen LogP contribution in [0, 0.1) is 6.92 Å². The van der Waals surface area contributed by atoms with Gasteiger partial charge in [0.2, 0.25) is 0 Å². The highest BCUT2D eigenvalue weighted by atomic mass is 32.1. The fourth-order valence-electron chi connectivity index (χ4n) is 2.75. The summed E-state index contributed by atoms with van der Waals surface area (Å²) in [6.07, 6.45) is 8.55. The smallest absolute Gasteiger partial charge is 0.127 e. The zero-order chi connectivity index (χ0) is 18.8. The van der Waals surface area contributed by atoms with Gasteiger partial charge in [-0.15, -0.1) is 22.7 Å². The molecule has 5 nitrogen and oxygen atoms in total. The van der Waals surface area contributed by atoms with Gasteiger partial charge in [0.25, 0.3) is 0 Å². The number of aliphatic imine (C=N–C) groups is 1. The second kappa shape index (κ2) is 7.30. The number of rotatable bonds is 5. The minimum Gasteiger partial charge on any atom is -0.262 e. The van der Waals surface area contributed by atoms with Crippen LogP contribution in [0.5, 0.6) is 0 Å². The van der Waals surface area contributed by atoms with Gasteiger partial charge in [0.1, 0.15) is 11.3 Å². The van der Waals surface area contributed by atoms with Gasteiger partial charge in [-0.1, -0.05) is 12.7 Å². The van der Waals surface area contributed by atoms with Gasteiger partial charge in [0.15, 0.2) is 0 Å². The topological polar surface area (TPSA) is 63.9 Å². The minimum atomic E-state index is 0.695. The summed E-state index contributed by atoms with van der Waals surface area (Å²) < 4.78 is 1.14. The molecule has 0 aliphatic rings. The summed E-state index contributed by atoms with van der Waals surface area (Å²) in [5, 5.41) is 4.05. The van der Waals surface area contributed by atoms with Gasteiger partial charge >= 0.3 is 0 Å². The highest BCUT2D eigenvalue weighted by molar-refractivity contribution is 7.19. The highest BCUT2D eigenvalue weighted by Crippen LogP contribution is 2.39. The monoisotopic (exact) mass is 389 g/mol. The molecule has 0 aliphatic carbocycles. The van der Waals surface area contributed by atoms with Crippen LogP contribution in [0.3, 0.4) is 0 Å². The van der Waals surface area contributed by atoms with Crippen molar-refractivity contribution in [2.24, 2.45) is 4.99 Å². The summed E-state index contributed by atoms with van der Waals surface area (Å²) in [6.45, 7) is 9.41. The molecule has 0 fully saturated rings. The molecule has 4 rings (SSSR count). The second-order valence-corrected chi connectivity index (χ2v) is 7.64. The molecule has 0 saturated carbocycles. The Hall–Kier alpha value is -3.03. The molecule has 0 N–H and O–H groups in total. The van der Waals surface area contributed by atoms with Crippen LogP contribution in [0.1, 0.15) is 11.4 Å². The Labute approximate surface area is 164 Å². The molecular weight excluding hydrogens is 374 g/mol. The molecule has 27 heavy (non-hydrogen) atoms. The van der Waals surface area contributed by atoms with Crippen molar-refractivity contribution in [3.05, 3.63) is 66.4 Å². The van der Waals surface area contributed by atoms with Crippen LogP contribution in [-0.4, -0.2) is 26.7 Å². The molecule has 132 valence electrons. The highest BCUT2D eigenvalue weighted by Gasteiger charge is 2.18. The molecule has 4 aromatic rings.